The third-order valence-electron chi connectivity index (χ3n) is 4.94. The first-order chi connectivity index (χ1) is 12.7. The van der Waals surface area contributed by atoms with Crippen molar-refractivity contribution in [1.82, 2.24) is 19.8 Å². The lowest BCUT2D eigenvalue weighted by molar-refractivity contribution is -0.924. The minimum atomic E-state index is 0.644. The molecule has 0 unspecified atom stereocenters. The quantitative estimate of drug-likeness (QED) is 0.710. The molecule has 0 bridgehead atoms. The van der Waals surface area contributed by atoms with Crippen molar-refractivity contribution in [2.75, 3.05) is 31.1 Å². The Kier molecular flexibility index (Phi) is 4.81. The van der Waals surface area contributed by atoms with Gasteiger partial charge < -0.3 is 9.80 Å². The van der Waals surface area contributed by atoms with Crippen molar-refractivity contribution in [3.05, 3.63) is 64.9 Å². The molecule has 1 aliphatic rings. The standard InChI is InChI=1S/C19H22N6S/c1-16-7-5-6-10-18(16)23-13-11-22(12-14-23)15-24-19(26)25(21-20-24)17-8-3-2-4-9-17/h2-10H,11-15H2,1H3/p+1. The molecule has 0 saturated carbocycles. The molecule has 0 amide bonds. The molecular formula is C19H23N6S+. The summed E-state index contributed by atoms with van der Waals surface area (Å²) in [6, 6.07) is 18.5. The summed E-state index contributed by atoms with van der Waals surface area (Å²) in [6.07, 6.45) is 0. The molecular weight excluding hydrogens is 344 g/mol. The van der Waals surface area contributed by atoms with Crippen LogP contribution in [0.4, 0.5) is 5.69 Å². The Labute approximate surface area is 158 Å². The molecule has 3 aromatic rings. The molecule has 2 heterocycles. The molecule has 134 valence electrons. The van der Waals surface area contributed by atoms with Gasteiger partial charge in [0.2, 0.25) is 4.77 Å². The van der Waals surface area contributed by atoms with Gasteiger partial charge in [0.15, 0.2) is 6.67 Å². The van der Waals surface area contributed by atoms with E-state index in [0.29, 0.717) is 4.77 Å². The molecule has 0 aliphatic carbocycles. The maximum Gasteiger partial charge on any atom is 0.225 e. The first-order valence-electron chi connectivity index (χ1n) is 8.95. The van der Waals surface area contributed by atoms with Gasteiger partial charge in [-0.1, -0.05) is 36.4 Å². The van der Waals surface area contributed by atoms with Gasteiger partial charge in [0.1, 0.15) is 0 Å². The summed E-state index contributed by atoms with van der Waals surface area (Å²) >= 11 is 5.57. The van der Waals surface area contributed by atoms with Gasteiger partial charge in [-0.25, -0.2) is 0 Å². The summed E-state index contributed by atoms with van der Waals surface area (Å²) in [6.45, 7) is 7.15. The van der Waals surface area contributed by atoms with Gasteiger partial charge in [-0.2, -0.15) is 9.36 Å². The van der Waals surface area contributed by atoms with E-state index in [2.05, 4.69) is 46.5 Å². The molecule has 1 fully saturated rings. The highest BCUT2D eigenvalue weighted by molar-refractivity contribution is 7.71. The molecule has 1 aliphatic heterocycles. The topological polar surface area (TPSA) is 43.3 Å². The number of rotatable bonds is 4. The third-order valence-corrected chi connectivity index (χ3v) is 5.32. The summed E-state index contributed by atoms with van der Waals surface area (Å²) in [5.41, 5.74) is 3.63. The van der Waals surface area contributed by atoms with Crippen molar-refractivity contribution in [3.8, 4) is 5.69 Å². The molecule has 0 spiro atoms. The molecule has 0 radical (unpaired) electrons. The number of aromatic nitrogens is 4. The fourth-order valence-corrected chi connectivity index (χ4v) is 3.70. The van der Waals surface area contributed by atoms with Crippen LogP contribution in [0, 0.1) is 11.7 Å². The van der Waals surface area contributed by atoms with E-state index in [1.165, 1.54) is 16.2 Å². The van der Waals surface area contributed by atoms with E-state index in [-0.39, 0.29) is 0 Å². The van der Waals surface area contributed by atoms with Gasteiger partial charge >= 0.3 is 0 Å². The Bertz CT molecular complexity index is 924. The number of hydrogen-bond acceptors (Lipinski definition) is 4. The largest absolute Gasteiger partial charge is 0.360 e. The highest BCUT2D eigenvalue weighted by Gasteiger charge is 2.22. The summed E-state index contributed by atoms with van der Waals surface area (Å²) in [5, 5.41) is 8.50. The van der Waals surface area contributed by atoms with E-state index >= 15 is 0 Å². The van der Waals surface area contributed by atoms with E-state index in [0.717, 1.165) is 38.5 Å². The van der Waals surface area contributed by atoms with Crippen molar-refractivity contribution in [2.45, 2.75) is 13.6 Å². The minimum Gasteiger partial charge on any atom is -0.360 e. The predicted molar refractivity (Wildman–Crippen MR) is 104 cm³/mol. The second kappa shape index (κ2) is 7.39. The Morgan fingerprint density at radius 3 is 2.38 bits per heavy atom. The van der Waals surface area contributed by atoms with E-state index in [4.69, 9.17) is 12.2 Å². The number of nitrogens with one attached hydrogen (secondary N) is 1. The summed E-state index contributed by atoms with van der Waals surface area (Å²) in [5.74, 6) is 0. The number of nitrogens with zero attached hydrogens (tertiary/aromatic N) is 5. The molecule has 1 aromatic heterocycles. The van der Waals surface area contributed by atoms with Crippen molar-refractivity contribution >= 4 is 17.9 Å². The van der Waals surface area contributed by atoms with Crippen LogP contribution in [0.5, 0.6) is 0 Å². The molecule has 7 heteroatoms. The fourth-order valence-electron chi connectivity index (χ4n) is 3.46. The number of aryl methyl sites for hydroxylation is 1. The number of tetrazole rings is 1. The van der Waals surface area contributed by atoms with E-state index < -0.39 is 0 Å². The van der Waals surface area contributed by atoms with Crippen molar-refractivity contribution in [3.63, 3.8) is 0 Å². The Hall–Kier alpha value is -2.51. The van der Waals surface area contributed by atoms with Gasteiger partial charge in [0.05, 0.1) is 31.9 Å². The molecule has 1 saturated heterocycles. The second-order valence-corrected chi connectivity index (χ2v) is 7.06. The van der Waals surface area contributed by atoms with Gasteiger partial charge in [0, 0.05) is 5.69 Å². The lowest BCUT2D eigenvalue weighted by Gasteiger charge is -2.34. The molecule has 4 rings (SSSR count). The maximum absolute atomic E-state index is 5.57. The van der Waals surface area contributed by atoms with E-state index in [9.17, 15) is 0 Å². The van der Waals surface area contributed by atoms with Crippen LogP contribution >= 0.6 is 12.2 Å². The average molecular weight is 368 g/mol. The van der Waals surface area contributed by atoms with Gasteiger partial charge in [-0.05, 0) is 53.3 Å². The fraction of sp³-hybridized carbons (Fsp3) is 0.316. The van der Waals surface area contributed by atoms with Crippen LogP contribution < -0.4 is 9.80 Å². The van der Waals surface area contributed by atoms with Crippen molar-refractivity contribution < 1.29 is 4.90 Å². The second-order valence-electron chi connectivity index (χ2n) is 6.69. The highest BCUT2D eigenvalue weighted by Crippen LogP contribution is 2.18. The number of para-hydroxylation sites is 2. The summed E-state index contributed by atoms with van der Waals surface area (Å²) < 4.78 is 4.20. The normalized spacial score (nSPS) is 15.3. The van der Waals surface area contributed by atoms with Crippen molar-refractivity contribution in [1.29, 1.82) is 0 Å². The molecule has 1 N–H and O–H groups in total. The van der Waals surface area contributed by atoms with Crippen LogP contribution in [0.15, 0.2) is 54.6 Å². The first kappa shape index (κ1) is 16.9. The zero-order valence-corrected chi connectivity index (χ0v) is 15.7. The monoisotopic (exact) mass is 367 g/mol. The SMILES string of the molecule is Cc1ccccc1N1CC[NH+](Cn2nnn(-c3ccccc3)c2=S)CC1. The van der Waals surface area contributed by atoms with Gasteiger partial charge in [0.25, 0.3) is 0 Å². The maximum atomic E-state index is 5.57. The lowest BCUT2D eigenvalue weighted by atomic mass is 10.1. The molecule has 2 aromatic carbocycles. The zero-order valence-electron chi connectivity index (χ0n) is 14.9. The van der Waals surface area contributed by atoms with Crippen LogP contribution in [-0.2, 0) is 6.67 Å². The first-order valence-corrected chi connectivity index (χ1v) is 9.35. The van der Waals surface area contributed by atoms with Crippen LogP contribution in [0.2, 0.25) is 0 Å². The van der Waals surface area contributed by atoms with Crippen LogP contribution in [0.25, 0.3) is 5.69 Å². The third kappa shape index (κ3) is 3.40. The van der Waals surface area contributed by atoms with Crippen molar-refractivity contribution in [2.24, 2.45) is 0 Å². The highest BCUT2D eigenvalue weighted by atomic mass is 32.1. The Morgan fingerprint density at radius 2 is 1.65 bits per heavy atom. The van der Waals surface area contributed by atoms with Gasteiger partial charge in [-0.15, -0.1) is 0 Å². The smallest absolute Gasteiger partial charge is 0.225 e. The minimum absolute atomic E-state index is 0.644. The zero-order chi connectivity index (χ0) is 17.9. The Balaban J connectivity index is 1.42. The predicted octanol–water partition coefficient (Wildman–Crippen LogP) is 1.47. The number of piperazine rings is 1. The van der Waals surface area contributed by atoms with E-state index in [1.54, 1.807) is 4.68 Å². The number of anilines is 1. The van der Waals surface area contributed by atoms with Crippen LogP contribution in [0.1, 0.15) is 5.56 Å². The molecule has 6 nitrogen and oxygen atoms in total. The van der Waals surface area contributed by atoms with Crippen LogP contribution in [-0.4, -0.2) is 46.0 Å². The average Bonchev–Trinajstić information content (AvgIpc) is 3.04. The number of quaternary nitrogens is 1. The molecule has 0 atom stereocenters. The summed E-state index contributed by atoms with van der Waals surface area (Å²) in [4.78, 5) is 3.95. The molecule has 26 heavy (non-hydrogen) atoms. The number of hydrogen-bond donors (Lipinski definition) is 1. The Morgan fingerprint density at radius 1 is 0.962 bits per heavy atom. The van der Waals surface area contributed by atoms with E-state index in [1.807, 2.05) is 35.0 Å². The number of benzene rings is 2. The van der Waals surface area contributed by atoms with Gasteiger partial charge in [-0.3, -0.25) is 0 Å². The van der Waals surface area contributed by atoms with Crippen LogP contribution in [0.3, 0.4) is 0 Å². The lowest BCUT2D eigenvalue weighted by Crippen LogP contribution is -3.14. The summed E-state index contributed by atoms with van der Waals surface area (Å²) in [7, 11) is 0.